The van der Waals surface area contributed by atoms with Crippen LogP contribution in [0.4, 0.5) is 0 Å². The topological polar surface area (TPSA) is 25.8 Å². The van der Waals surface area contributed by atoms with Crippen LogP contribution in [0.25, 0.3) is 11.1 Å². The molecule has 1 aromatic rings. The highest BCUT2D eigenvalue weighted by Crippen LogP contribution is 2.45. The minimum Gasteiger partial charge on any atom is -0.233 e. The molecule has 0 aromatic carbocycles. The van der Waals surface area contributed by atoms with Crippen molar-refractivity contribution in [1.29, 1.82) is 0 Å². The Balaban J connectivity index is 0.000000421. The minimum atomic E-state index is 0.741. The number of nitrogens with zero attached hydrogens (tertiary/aromatic N) is 2. The molecule has 1 saturated carbocycles. The van der Waals surface area contributed by atoms with Crippen LogP contribution in [-0.4, -0.2) is 9.97 Å². The van der Waals surface area contributed by atoms with E-state index in [2.05, 4.69) is 66.8 Å². The van der Waals surface area contributed by atoms with Crippen LogP contribution in [0, 0.1) is 18.8 Å². The largest absolute Gasteiger partial charge is 0.233 e. The van der Waals surface area contributed by atoms with Crippen LogP contribution in [0.15, 0.2) is 67.3 Å². The van der Waals surface area contributed by atoms with Crippen LogP contribution in [0.3, 0.4) is 0 Å². The van der Waals surface area contributed by atoms with Crippen molar-refractivity contribution in [2.45, 2.75) is 54.4 Å². The maximum atomic E-state index is 4.61. The zero-order valence-electron chi connectivity index (χ0n) is 18.4. The Bertz CT molecular complexity index is 776. The van der Waals surface area contributed by atoms with E-state index in [-0.39, 0.29) is 0 Å². The van der Waals surface area contributed by atoms with Crippen molar-refractivity contribution in [3.63, 3.8) is 0 Å². The number of rotatable bonds is 4. The zero-order chi connectivity index (χ0) is 20.9. The summed E-state index contributed by atoms with van der Waals surface area (Å²) in [7, 11) is 0. The van der Waals surface area contributed by atoms with Crippen molar-refractivity contribution in [2.24, 2.45) is 11.8 Å². The standard InChI is InChI=1S/C18H20N2.C5H8.C3H8/c1-4-6-13(5-2)17-11-18(20-12(3)19-17)15-8-7-14-9-16(14)10-15;1-3-5-4-2;1-3-2/h4-8,10-11,14,16H,9H2,1-3H3;3-5H,1H2,2H3;3H2,1-2H3/b6-4-,13-5+;5-4-;. The molecular weight excluding hydrogens is 340 g/mol. The normalized spacial score (nSPS) is 19.9. The molecule has 150 valence electrons. The fourth-order valence-electron chi connectivity index (χ4n) is 2.84. The molecule has 2 aliphatic rings. The number of hydrogen-bond donors (Lipinski definition) is 0. The molecule has 2 heteroatoms. The van der Waals surface area contributed by atoms with Crippen LogP contribution in [0.5, 0.6) is 0 Å². The number of aromatic nitrogens is 2. The number of aryl methyl sites for hydroxylation is 1. The first-order valence-corrected chi connectivity index (χ1v) is 10.3. The van der Waals surface area contributed by atoms with Gasteiger partial charge in [0.2, 0.25) is 0 Å². The molecule has 3 rings (SSSR count). The van der Waals surface area contributed by atoms with Crippen molar-refractivity contribution in [3.8, 4) is 0 Å². The lowest BCUT2D eigenvalue weighted by atomic mass is 10.0. The maximum absolute atomic E-state index is 4.61. The molecule has 28 heavy (non-hydrogen) atoms. The Hall–Kier alpha value is -2.48. The van der Waals surface area contributed by atoms with Crippen LogP contribution < -0.4 is 0 Å². The second-order valence-electron chi connectivity index (χ2n) is 6.94. The van der Waals surface area contributed by atoms with Gasteiger partial charge in [0.15, 0.2) is 0 Å². The molecule has 0 aliphatic heterocycles. The van der Waals surface area contributed by atoms with E-state index >= 15 is 0 Å². The van der Waals surface area contributed by atoms with E-state index in [0.717, 1.165) is 34.6 Å². The SMILES string of the molecule is C/C=C\C(=C/C)c1cc(C2=CC3CC3C=C2)nc(C)n1.C=C/C=C\C.CCC. The summed E-state index contributed by atoms with van der Waals surface area (Å²) in [4.78, 5) is 9.17. The van der Waals surface area contributed by atoms with Gasteiger partial charge in [-0.05, 0) is 63.2 Å². The summed E-state index contributed by atoms with van der Waals surface area (Å²) >= 11 is 0. The highest BCUT2D eigenvalue weighted by Gasteiger charge is 2.35. The lowest BCUT2D eigenvalue weighted by molar-refractivity contribution is 0.974. The smallest absolute Gasteiger partial charge is 0.126 e. The van der Waals surface area contributed by atoms with E-state index < -0.39 is 0 Å². The van der Waals surface area contributed by atoms with Crippen LogP contribution in [-0.2, 0) is 0 Å². The second-order valence-corrected chi connectivity index (χ2v) is 6.94. The van der Waals surface area contributed by atoms with Gasteiger partial charge in [-0.15, -0.1) is 0 Å². The summed E-state index contributed by atoms with van der Waals surface area (Å²) in [5.74, 6) is 2.36. The lowest BCUT2D eigenvalue weighted by Gasteiger charge is -2.09. The van der Waals surface area contributed by atoms with E-state index in [1.54, 1.807) is 6.08 Å². The first kappa shape index (κ1) is 23.6. The van der Waals surface area contributed by atoms with E-state index in [1.807, 2.05) is 45.9 Å². The average molecular weight is 377 g/mol. The van der Waals surface area contributed by atoms with Crippen molar-refractivity contribution in [2.75, 3.05) is 0 Å². The first-order valence-electron chi connectivity index (χ1n) is 10.3. The van der Waals surface area contributed by atoms with Crippen molar-refractivity contribution < 1.29 is 0 Å². The van der Waals surface area contributed by atoms with E-state index in [1.165, 1.54) is 18.4 Å². The molecule has 2 nitrogen and oxygen atoms in total. The van der Waals surface area contributed by atoms with E-state index in [4.69, 9.17) is 0 Å². The molecule has 0 spiro atoms. The molecular formula is C26H36N2. The van der Waals surface area contributed by atoms with Crippen molar-refractivity contribution in [3.05, 3.63) is 84.5 Å². The second kappa shape index (κ2) is 12.8. The Morgan fingerprint density at radius 3 is 2.36 bits per heavy atom. The maximum Gasteiger partial charge on any atom is 0.126 e. The molecule has 0 radical (unpaired) electrons. The Kier molecular flexibility index (Phi) is 10.8. The highest BCUT2D eigenvalue weighted by molar-refractivity contribution is 5.78. The monoisotopic (exact) mass is 376 g/mol. The van der Waals surface area contributed by atoms with Gasteiger partial charge in [0.05, 0.1) is 11.4 Å². The first-order chi connectivity index (χ1) is 13.5. The van der Waals surface area contributed by atoms with Crippen LogP contribution >= 0.6 is 0 Å². The third-order valence-electron chi connectivity index (χ3n) is 4.22. The van der Waals surface area contributed by atoms with Crippen molar-refractivity contribution >= 4 is 11.1 Å². The number of hydrogen-bond acceptors (Lipinski definition) is 2. The van der Waals surface area contributed by atoms with E-state index in [9.17, 15) is 0 Å². The molecule has 0 N–H and O–H groups in total. The highest BCUT2D eigenvalue weighted by atomic mass is 14.9. The molecule has 0 saturated heterocycles. The summed E-state index contributed by atoms with van der Waals surface area (Å²) < 4.78 is 0. The molecule has 1 heterocycles. The molecule has 2 unspecified atom stereocenters. The molecule has 2 atom stereocenters. The summed E-state index contributed by atoms with van der Waals surface area (Å²) in [6.45, 7) is 15.7. The van der Waals surface area contributed by atoms with Gasteiger partial charge in [-0.3, -0.25) is 0 Å². The summed E-state index contributed by atoms with van der Waals surface area (Å²) in [6.07, 6.45) is 21.2. The Labute approximate surface area is 172 Å². The third kappa shape index (κ3) is 7.64. The molecule has 1 fully saturated rings. The minimum absolute atomic E-state index is 0.741. The van der Waals surface area contributed by atoms with Crippen LogP contribution in [0.2, 0.25) is 0 Å². The quantitative estimate of drug-likeness (QED) is 0.508. The predicted molar refractivity (Wildman–Crippen MR) is 125 cm³/mol. The van der Waals surface area contributed by atoms with Gasteiger partial charge in [-0.25, -0.2) is 9.97 Å². The van der Waals surface area contributed by atoms with E-state index in [0.29, 0.717) is 0 Å². The molecule has 2 aliphatic carbocycles. The summed E-state index contributed by atoms with van der Waals surface area (Å²) in [6, 6.07) is 2.10. The van der Waals surface area contributed by atoms with Gasteiger partial charge >= 0.3 is 0 Å². The third-order valence-corrected chi connectivity index (χ3v) is 4.22. The Morgan fingerprint density at radius 1 is 1.14 bits per heavy atom. The van der Waals surface area contributed by atoms with Gasteiger partial charge < -0.3 is 0 Å². The van der Waals surface area contributed by atoms with Gasteiger partial charge in [0.1, 0.15) is 5.82 Å². The number of fused-ring (bicyclic) bond motifs is 1. The Morgan fingerprint density at radius 2 is 1.86 bits per heavy atom. The molecule has 0 bridgehead atoms. The van der Waals surface area contributed by atoms with Gasteiger partial charge in [-0.1, -0.05) is 81.5 Å². The van der Waals surface area contributed by atoms with Gasteiger partial charge in [0, 0.05) is 0 Å². The lowest BCUT2D eigenvalue weighted by Crippen LogP contribution is -2.00. The summed E-state index contributed by atoms with van der Waals surface area (Å²) in [5.41, 5.74) is 4.42. The van der Waals surface area contributed by atoms with Gasteiger partial charge in [0.25, 0.3) is 0 Å². The molecule has 0 amide bonds. The van der Waals surface area contributed by atoms with Crippen LogP contribution in [0.1, 0.15) is 64.7 Å². The predicted octanol–water partition coefficient (Wildman–Crippen LogP) is 7.52. The zero-order valence-corrected chi connectivity index (χ0v) is 18.4. The fraction of sp³-hybridized carbons (Fsp3) is 0.385. The van der Waals surface area contributed by atoms with Gasteiger partial charge in [-0.2, -0.15) is 0 Å². The fourth-order valence-corrected chi connectivity index (χ4v) is 2.84. The van der Waals surface area contributed by atoms with Crippen molar-refractivity contribution in [1.82, 2.24) is 9.97 Å². The average Bonchev–Trinajstić information content (AvgIpc) is 3.46. The number of allylic oxidation sites excluding steroid dienone is 11. The summed E-state index contributed by atoms with van der Waals surface area (Å²) in [5, 5.41) is 0. The molecule has 1 aromatic heterocycles.